The molecule has 0 saturated heterocycles. The number of ether oxygens (including phenoxy) is 3. The molecule has 0 aromatic carbocycles. The molecule has 0 aromatic heterocycles. The van der Waals surface area contributed by atoms with E-state index in [0.29, 0.717) is 19.3 Å². The molecule has 0 rings (SSSR count). The summed E-state index contributed by atoms with van der Waals surface area (Å²) in [5.74, 6) is -1.48. The largest absolute Gasteiger partial charge is 0.472 e. The van der Waals surface area contributed by atoms with Gasteiger partial charge in [0, 0.05) is 19.3 Å². The zero-order valence-electron chi connectivity index (χ0n) is 43.6. The van der Waals surface area contributed by atoms with E-state index in [4.69, 9.17) is 23.3 Å². The highest BCUT2D eigenvalue weighted by molar-refractivity contribution is 7.47. The molecule has 396 valence electrons. The Kier molecular flexibility index (Phi) is 48.9. The molecule has 68 heavy (non-hydrogen) atoms. The Balaban J connectivity index is 4.71. The lowest BCUT2D eigenvalue weighted by molar-refractivity contribution is -0.161. The molecular weight excluding hydrogens is 880 g/mol. The van der Waals surface area contributed by atoms with E-state index in [2.05, 4.69) is 69.4 Å². The monoisotopic (exact) mass is 981 g/mol. The van der Waals surface area contributed by atoms with Crippen LogP contribution >= 0.6 is 7.82 Å². The number of carbonyl (C=O) groups is 3. The average molecular weight is 981 g/mol. The maximum atomic E-state index is 12.9. The molecule has 0 fully saturated rings. The number of aliphatic hydroxyl groups excluding tert-OH is 1. The molecule has 3 atom stereocenters. The first kappa shape index (κ1) is 65.4. The second-order valence-corrected chi connectivity index (χ2v) is 19.8. The Morgan fingerprint density at radius 1 is 0.426 bits per heavy atom. The van der Waals surface area contributed by atoms with Crippen molar-refractivity contribution in [1.29, 1.82) is 0 Å². The van der Waals surface area contributed by atoms with Crippen molar-refractivity contribution in [2.75, 3.05) is 26.4 Å². The molecule has 0 aliphatic heterocycles. The summed E-state index contributed by atoms with van der Waals surface area (Å²) in [5, 5.41) is 9.79. The molecule has 0 spiro atoms. The van der Waals surface area contributed by atoms with Crippen molar-refractivity contribution in [3.8, 4) is 0 Å². The van der Waals surface area contributed by atoms with Gasteiger partial charge in [0.05, 0.1) is 19.8 Å². The highest BCUT2D eigenvalue weighted by Crippen LogP contribution is 2.43. The molecule has 0 bridgehead atoms. The molecule has 3 unspecified atom stereocenters. The van der Waals surface area contributed by atoms with Crippen LogP contribution in [0.25, 0.3) is 0 Å². The smallest absolute Gasteiger partial charge is 0.462 e. The second kappa shape index (κ2) is 50.8. The Bertz CT molecular complexity index is 1330. The van der Waals surface area contributed by atoms with E-state index in [0.717, 1.165) is 116 Å². The van der Waals surface area contributed by atoms with Crippen molar-refractivity contribution in [1.82, 2.24) is 0 Å². The van der Waals surface area contributed by atoms with Crippen LogP contribution in [0.1, 0.15) is 252 Å². The Labute approximate surface area is 415 Å². The van der Waals surface area contributed by atoms with Gasteiger partial charge in [0.2, 0.25) is 0 Å². The Morgan fingerprint density at radius 3 is 1.24 bits per heavy atom. The molecular formula is C56H101O11P. The summed E-state index contributed by atoms with van der Waals surface area (Å²) in [6.07, 6.45) is 52.1. The van der Waals surface area contributed by atoms with Crippen LogP contribution in [0.5, 0.6) is 0 Å². The van der Waals surface area contributed by atoms with Crippen LogP contribution < -0.4 is 0 Å². The average Bonchev–Trinajstić information content (AvgIpc) is 3.32. The van der Waals surface area contributed by atoms with Crippen LogP contribution in [-0.2, 0) is 42.2 Å². The number of rotatable bonds is 51. The maximum Gasteiger partial charge on any atom is 0.472 e. The van der Waals surface area contributed by atoms with Gasteiger partial charge in [-0.25, -0.2) is 4.57 Å². The number of phosphoric acid groups is 1. The number of hydrogen-bond donors (Lipinski definition) is 2. The van der Waals surface area contributed by atoms with Crippen molar-refractivity contribution < 1.29 is 52.2 Å². The highest BCUT2D eigenvalue weighted by Gasteiger charge is 2.28. The van der Waals surface area contributed by atoms with Crippen molar-refractivity contribution in [3.05, 3.63) is 48.6 Å². The molecule has 0 amide bonds. The molecule has 0 radical (unpaired) electrons. The summed E-state index contributed by atoms with van der Waals surface area (Å²) in [6.45, 7) is 4.49. The zero-order valence-corrected chi connectivity index (χ0v) is 44.5. The van der Waals surface area contributed by atoms with E-state index in [1.54, 1.807) is 0 Å². The normalized spacial score (nSPS) is 13.8. The topological polar surface area (TPSA) is 155 Å². The van der Waals surface area contributed by atoms with Gasteiger partial charge < -0.3 is 24.2 Å². The van der Waals surface area contributed by atoms with Crippen LogP contribution in [0.4, 0.5) is 0 Å². The summed E-state index contributed by atoms with van der Waals surface area (Å²) >= 11 is 0. The fourth-order valence-electron chi connectivity index (χ4n) is 7.53. The molecule has 0 aromatic rings. The van der Waals surface area contributed by atoms with Crippen LogP contribution in [0.2, 0.25) is 0 Å². The molecule has 0 aliphatic rings. The maximum absolute atomic E-state index is 12.9. The molecule has 11 nitrogen and oxygen atoms in total. The first-order valence-corrected chi connectivity index (χ1v) is 29.0. The minimum atomic E-state index is -4.74. The number of hydrogen-bond acceptors (Lipinski definition) is 10. The van der Waals surface area contributed by atoms with Crippen molar-refractivity contribution >= 4 is 25.7 Å². The van der Waals surface area contributed by atoms with E-state index >= 15 is 0 Å². The molecule has 0 aliphatic carbocycles. The zero-order chi connectivity index (χ0) is 49.9. The predicted molar refractivity (Wildman–Crippen MR) is 279 cm³/mol. The lowest BCUT2D eigenvalue weighted by atomic mass is 10.0. The fourth-order valence-corrected chi connectivity index (χ4v) is 8.31. The quantitative estimate of drug-likeness (QED) is 0.0197. The van der Waals surface area contributed by atoms with E-state index < -0.39 is 57.8 Å². The molecule has 2 N–H and O–H groups in total. The summed E-state index contributed by atoms with van der Waals surface area (Å²) < 4.78 is 39.4. The number of esters is 3. The SMILES string of the molecule is CC/C=C\C/C=C\C/C=C\CCCCCCCCCC(=O)OC(COC(=O)CCCCCCC/C=C\CCCC)COP(=O)(O)OCC(CO)OC(=O)CCCCCCCCCCCCCCC. The molecule has 12 heteroatoms. The van der Waals surface area contributed by atoms with Gasteiger partial charge in [-0.2, -0.15) is 0 Å². The lowest BCUT2D eigenvalue weighted by Crippen LogP contribution is -2.30. The minimum Gasteiger partial charge on any atom is -0.462 e. The number of unbranched alkanes of at least 4 members (excludes halogenated alkanes) is 26. The standard InChI is InChI=1S/C56H101O11P/c1-4-7-10-13-16-19-22-24-25-26-27-29-32-35-38-41-44-47-56(60)67-53(49-63-54(58)45-42-39-36-33-30-21-18-15-12-9-6-3)51-65-68(61,62)64-50-52(48-57)66-55(59)46-43-40-37-34-31-28-23-20-17-14-11-8-5-2/h7,10,15-16,18-19,24-25,52-53,57H,4-6,8-9,11-14,17,20-23,26-51H2,1-3H3,(H,61,62)/b10-7-,18-15-,19-16-,25-24-. The van der Waals surface area contributed by atoms with Crippen molar-refractivity contribution in [2.45, 2.75) is 264 Å². The van der Waals surface area contributed by atoms with Gasteiger partial charge in [-0.1, -0.05) is 211 Å². The van der Waals surface area contributed by atoms with Crippen molar-refractivity contribution in [3.63, 3.8) is 0 Å². The van der Waals surface area contributed by atoms with Crippen LogP contribution in [0.15, 0.2) is 48.6 Å². The lowest BCUT2D eigenvalue weighted by Gasteiger charge is -2.21. The molecule has 0 heterocycles. The van der Waals surface area contributed by atoms with Crippen LogP contribution in [-0.4, -0.2) is 66.5 Å². The van der Waals surface area contributed by atoms with Crippen molar-refractivity contribution in [2.24, 2.45) is 0 Å². The highest BCUT2D eigenvalue weighted by atomic mass is 31.2. The van der Waals surface area contributed by atoms with Gasteiger partial charge in [0.15, 0.2) is 6.10 Å². The third-order valence-electron chi connectivity index (χ3n) is 11.7. The number of allylic oxidation sites excluding steroid dienone is 8. The molecule has 0 saturated carbocycles. The number of carbonyl (C=O) groups excluding carboxylic acids is 3. The summed E-state index contributed by atoms with van der Waals surface area (Å²) in [4.78, 5) is 48.4. The van der Waals surface area contributed by atoms with Gasteiger partial charge in [-0.05, 0) is 70.6 Å². The summed E-state index contributed by atoms with van der Waals surface area (Å²) in [6, 6.07) is 0. The van der Waals surface area contributed by atoms with Gasteiger partial charge in [0.1, 0.15) is 12.7 Å². The van der Waals surface area contributed by atoms with E-state index in [9.17, 15) is 28.9 Å². The Morgan fingerprint density at radius 2 is 0.779 bits per heavy atom. The van der Waals surface area contributed by atoms with Gasteiger partial charge in [-0.3, -0.25) is 23.4 Å². The number of phosphoric ester groups is 1. The van der Waals surface area contributed by atoms with Gasteiger partial charge in [0.25, 0.3) is 0 Å². The fraction of sp³-hybridized carbons (Fsp3) is 0.804. The third kappa shape index (κ3) is 48.5. The second-order valence-electron chi connectivity index (χ2n) is 18.4. The third-order valence-corrected chi connectivity index (χ3v) is 12.7. The van der Waals surface area contributed by atoms with Gasteiger partial charge in [-0.15, -0.1) is 0 Å². The van der Waals surface area contributed by atoms with Gasteiger partial charge >= 0.3 is 25.7 Å². The summed E-state index contributed by atoms with van der Waals surface area (Å²) in [5.41, 5.74) is 0. The van der Waals surface area contributed by atoms with E-state index in [1.807, 2.05) is 0 Å². The van der Waals surface area contributed by atoms with Crippen LogP contribution in [0.3, 0.4) is 0 Å². The van der Waals surface area contributed by atoms with E-state index in [-0.39, 0.29) is 25.9 Å². The van der Waals surface area contributed by atoms with E-state index in [1.165, 1.54) is 77.0 Å². The Hall–Kier alpha value is -2.56. The first-order chi connectivity index (χ1) is 33.2. The first-order valence-electron chi connectivity index (χ1n) is 27.5. The summed E-state index contributed by atoms with van der Waals surface area (Å²) in [7, 11) is -4.74. The predicted octanol–water partition coefficient (Wildman–Crippen LogP) is 15.8. The minimum absolute atomic E-state index is 0.156. The van der Waals surface area contributed by atoms with Crippen LogP contribution in [0, 0.1) is 0 Å². The number of aliphatic hydroxyl groups is 1.